The summed E-state index contributed by atoms with van der Waals surface area (Å²) in [5, 5.41) is 6.38. The highest BCUT2D eigenvalue weighted by Crippen LogP contribution is 2.47. The molecule has 49 heavy (non-hydrogen) atoms. The maximum absolute atomic E-state index is 9.48. The minimum atomic E-state index is -0.311. The summed E-state index contributed by atoms with van der Waals surface area (Å²) in [5.41, 5.74) is 6.25. The summed E-state index contributed by atoms with van der Waals surface area (Å²) in [4.78, 5) is 0. The van der Waals surface area contributed by atoms with Gasteiger partial charge in [-0.05, 0) is 101 Å². The molecule has 0 bridgehead atoms. The molecule has 10 rings (SSSR count). The molecule has 0 N–H and O–H groups in total. The van der Waals surface area contributed by atoms with Crippen molar-refractivity contribution in [3.8, 4) is 44.5 Å². The van der Waals surface area contributed by atoms with E-state index in [-0.39, 0.29) is 58.4 Å². The van der Waals surface area contributed by atoms with Crippen LogP contribution in [0.15, 0.2) is 186 Å². The molecular weight excluding hydrogens is 593 g/mol. The molecule has 1 nitrogen and oxygen atoms in total. The van der Waals surface area contributed by atoms with Gasteiger partial charge in [-0.3, -0.25) is 0 Å². The smallest absolute Gasteiger partial charge is 0.136 e. The lowest BCUT2D eigenvalue weighted by atomic mass is 9.84. The zero-order chi connectivity index (χ0) is 37.5. The van der Waals surface area contributed by atoms with Crippen LogP contribution < -0.4 is 0 Å². The molecule has 1 aromatic heterocycles. The summed E-state index contributed by atoms with van der Waals surface area (Å²) < 4.78 is 61.5. The van der Waals surface area contributed by atoms with Crippen LogP contribution in [0, 0.1) is 0 Å². The van der Waals surface area contributed by atoms with E-state index in [4.69, 9.17) is 8.53 Å². The first-order valence-corrected chi connectivity index (χ1v) is 16.4. The Balaban J connectivity index is 1.32. The summed E-state index contributed by atoms with van der Waals surface area (Å²) >= 11 is 0. The number of hydrogen-bond acceptors (Lipinski definition) is 1. The highest BCUT2D eigenvalue weighted by molar-refractivity contribution is 6.25. The van der Waals surface area contributed by atoms with E-state index in [2.05, 4.69) is 78.9 Å². The second-order valence-corrected chi connectivity index (χ2v) is 12.3. The largest absolute Gasteiger partial charge is 0.456 e. The van der Waals surface area contributed by atoms with Gasteiger partial charge < -0.3 is 4.42 Å². The summed E-state index contributed by atoms with van der Waals surface area (Å²) in [5.74, 6) is 0. The normalized spacial score (nSPS) is 13.4. The van der Waals surface area contributed by atoms with Gasteiger partial charge in [0.2, 0.25) is 0 Å². The van der Waals surface area contributed by atoms with Crippen LogP contribution in [-0.4, -0.2) is 0 Å². The van der Waals surface area contributed by atoms with E-state index in [1.165, 1.54) is 10.8 Å². The standard InChI is InChI=1S/C48H30O/c1-2-13-31(14-3-1)33-27-28-42-45(30-33)49-44-26-12-25-43(48(42)44)47-40-22-8-6-20-38(40)46(39-21-7-9-23-41(39)47)35-18-10-17-34(29-35)37-24-11-16-32-15-4-5-19-36(32)37/h1-30H/i12D,25D,26D,27D,28D,30D. The van der Waals surface area contributed by atoms with E-state index in [1.54, 1.807) is 12.1 Å². The number of benzene rings is 9. The topological polar surface area (TPSA) is 13.1 Å². The van der Waals surface area contributed by atoms with E-state index in [9.17, 15) is 4.11 Å². The van der Waals surface area contributed by atoms with E-state index in [0.717, 1.165) is 43.8 Å². The molecule has 1 heteroatoms. The van der Waals surface area contributed by atoms with Gasteiger partial charge >= 0.3 is 0 Å². The third-order valence-corrected chi connectivity index (χ3v) is 9.57. The van der Waals surface area contributed by atoms with Crippen molar-refractivity contribution in [2.24, 2.45) is 0 Å². The molecule has 0 aliphatic carbocycles. The number of rotatable bonds is 4. The van der Waals surface area contributed by atoms with Gasteiger partial charge in [-0.25, -0.2) is 0 Å². The average molecular weight is 629 g/mol. The van der Waals surface area contributed by atoms with Crippen molar-refractivity contribution in [2.45, 2.75) is 0 Å². The minimum Gasteiger partial charge on any atom is -0.456 e. The molecule has 0 amide bonds. The second kappa shape index (κ2) is 11.1. The molecule has 0 fully saturated rings. The number of fused-ring (bicyclic) bond motifs is 6. The van der Waals surface area contributed by atoms with Crippen LogP contribution >= 0.6 is 0 Å². The second-order valence-electron chi connectivity index (χ2n) is 12.3. The lowest BCUT2D eigenvalue weighted by Gasteiger charge is -2.19. The van der Waals surface area contributed by atoms with Crippen LogP contribution in [0.25, 0.3) is 98.8 Å². The first-order valence-electron chi connectivity index (χ1n) is 19.4. The summed E-state index contributed by atoms with van der Waals surface area (Å²) in [6.45, 7) is 0. The monoisotopic (exact) mass is 628 g/mol. The fourth-order valence-corrected chi connectivity index (χ4v) is 7.41. The Morgan fingerprint density at radius 3 is 1.78 bits per heavy atom. The van der Waals surface area contributed by atoms with Crippen molar-refractivity contribution in [1.82, 2.24) is 0 Å². The molecule has 1 heterocycles. The van der Waals surface area contributed by atoms with Crippen LogP contribution in [0.5, 0.6) is 0 Å². The predicted molar refractivity (Wildman–Crippen MR) is 208 cm³/mol. The highest BCUT2D eigenvalue weighted by atomic mass is 16.3. The molecule has 0 spiro atoms. The minimum absolute atomic E-state index is 0.0256. The Morgan fingerprint density at radius 2 is 1.00 bits per heavy atom. The van der Waals surface area contributed by atoms with Gasteiger partial charge in [0.05, 0.1) is 8.22 Å². The van der Waals surface area contributed by atoms with E-state index in [1.807, 2.05) is 54.6 Å². The molecule has 0 unspecified atom stereocenters. The first-order chi connectivity index (χ1) is 26.8. The van der Waals surface area contributed by atoms with Gasteiger partial charge in [0.15, 0.2) is 0 Å². The van der Waals surface area contributed by atoms with Crippen molar-refractivity contribution >= 4 is 54.3 Å². The van der Waals surface area contributed by atoms with Crippen molar-refractivity contribution < 1.29 is 12.6 Å². The zero-order valence-electron chi connectivity index (χ0n) is 32.3. The Hall–Kier alpha value is -6.44. The van der Waals surface area contributed by atoms with Gasteiger partial charge in [-0.2, -0.15) is 0 Å². The van der Waals surface area contributed by atoms with E-state index < -0.39 is 0 Å². The molecule has 0 aliphatic heterocycles. The number of hydrogen-bond donors (Lipinski definition) is 0. The molecule has 9 aromatic carbocycles. The van der Waals surface area contributed by atoms with Crippen molar-refractivity contribution in [3.05, 3.63) is 182 Å². The fourth-order valence-electron chi connectivity index (χ4n) is 7.41. The third-order valence-electron chi connectivity index (χ3n) is 9.57. The molecule has 10 aromatic rings. The zero-order valence-corrected chi connectivity index (χ0v) is 26.3. The Kier molecular flexibility index (Phi) is 5.02. The summed E-state index contributed by atoms with van der Waals surface area (Å²) in [6.07, 6.45) is 0. The molecular formula is C48H30O. The lowest BCUT2D eigenvalue weighted by molar-refractivity contribution is 0.669. The SMILES string of the molecule is [2H]c1c([2H])c(-c2c3ccccc3c(-c3cccc(-c4cccc5ccccc45)c3)c3ccccc23)c2c(oc3c([2H])c(-c4ccccc4)c([2H])c([2H])c32)c1[2H]. The van der Waals surface area contributed by atoms with Gasteiger partial charge in [0.1, 0.15) is 11.2 Å². The Bertz CT molecular complexity index is 3160. The van der Waals surface area contributed by atoms with Crippen molar-refractivity contribution in [2.75, 3.05) is 0 Å². The molecule has 228 valence electrons. The van der Waals surface area contributed by atoms with E-state index in [0.29, 0.717) is 22.1 Å². The van der Waals surface area contributed by atoms with Crippen molar-refractivity contribution in [1.29, 1.82) is 0 Å². The predicted octanol–water partition coefficient (Wildman–Crippen LogP) is 13.7. The average Bonchev–Trinajstić information content (AvgIpc) is 3.63. The van der Waals surface area contributed by atoms with Crippen LogP contribution in [0.3, 0.4) is 0 Å². The lowest BCUT2D eigenvalue weighted by Crippen LogP contribution is -1.91. The maximum atomic E-state index is 9.48. The van der Waals surface area contributed by atoms with Gasteiger partial charge in [-0.15, -0.1) is 0 Å². The molecule has 0 atom stereocenters. The van der Waals surface area contributed by atoms with Crippen LogP contribution in [-0.2, 0) is 0 Å². The van der Waals surface area contributed by atoms with Crippen LogP contribution in [0.4, 0.5) is 0 Å². The quantitative estimate of drug-likeness (QED) is 0.177. The summed E-state index contributed by atoms with van der Waals surface area (Å²) in [7, 11) is 0. The third kappa shape index (κ3) is 4.40. The first kappa shape index (κ1) is 22.2. The Morgan fingerprint density at radius 1 is 0.388 bits per heavy atom. The highest BCUT2D eigenvalue weighted by Gasteiger charge is 2.20. The fraction of sp³-hybridized carbons (Fsp3) is 0. The summed E-state index contributed by atoms with van der Waals surface area (Å²) in [6, 6.07) is 47.4. The van der Waals surface area contributed by atoms with Gasteiger partial charge in [0.25, 0.3) is 0 Å². The van der Waals surface area contributed by atoms with E-state index >= 15 is 0 Å². The number of furan rings is 1. The van der Waals surface area contributed by atoms with Crippen LogP contribution in [0.1, 0.15) is 8.22 Å². The van der Waals surface area contributed by atoms with Gasteiger partial charge in [-0.1, -0.05) is 158 Å². The molecule has 0 saturated heterocycles. The van der Waals surface area contributed by atoms with Crippen molar-refractivity contribution in [3.63, 3.8) is 0 Å². The molecule has 0 radical (unpaired) electrons. The molecule has 0 saturated carbocycles. The van der Waals surface area contributed by atoms with Gasteiger partial charge in [0, 0.05) is 10.8 Å². The van der Waals surface area contributed by atoms with Crippen LogP contribution in [0.2, 0.25) is 0 Å². The maximum Gasteiger partial charge on any atom is 0.136 e. The Labute approximate surface area is 292 Å². The molecule has 0 aliphatic rings.